The van der Waals surface area contributed by atoms with Crippen molar-refractivity contribution in [1.82, 2.24) is 9.62 Å². The van der Waals surface area contributed by atoms with E-state index in [0.717, 1.165) is 15.4 Å². The van der Waals surface area contributed by atoms with Crippen molar-refractivity contribution in [3.63, 3.8) is 0 Å². The Morgan fingerprint density at radius 3 is 2.24 bits per heavy atom. The third-order valence-electron chi connectivity index (χ3n) is 5.07. The Hall–Kier alpha value is -2.09. The third kappa shape index (κ3) is 6.95. The van der Waals surface area contributed by atoms with E-state index in [0.29, 0.717) is 11.4 Å². The number of carbonyl (C=O) groups excluding carboxylic acids is 1. The molecular formula is C24H23Cl3N2O3S. The predicted octanol–water partition coefficient (Wildman–Crippen LogP) is 5.76. The molecule has 0 heterocycles. The van der Waals surface area contributed by atoms with Crippen LogP contribution < -0.4 is 5.32 Å². The van der Waals surface area contributed by atoms with Crippen LogP contribution in [0.3, 0.4) is 0 Å². The first-order valence-corrected chi connectivity index (χ1v) is 12.8. The fourth-order valence-corrected chi connectivity index (χ4v) is 5.54. The maximum Gasteiger partial charge on any atom is 0.245 e. The number of rotatable bonds is 9. The first-order chi connectivity index (χ1) is 15.7. The van der Waals surface area contributed by atoms with Crippen LogP contribution in [-0.2, 0) is 21.2 Å². The van der Waals surface area contributed by atoms with Gasteiger partial charge in [-0.15, -0.1) is 0 Å². The monoisotopic (exact) mass is 524 g/mol. The highest BCUT2D eigenvalue weighted by molar-refractivity contribution is 7.89. The van der Waals surface area contributed by atoms with Crippen LogP contribution in [0.25, 0.3) is 0 Å². The first-order valence-electron chi connectivity index (χ1n) is 10.2. The average molecular weight is 526 g/mol. The average Bonchev–Trinajstić information content (AvgIpc) is 2.79. The Bertz CT molecular complexity index is 1200. The lowest BCUT2D eigenvalue weighted by atomic mass is 10.1. The molecule has 0 fully saturated rings. The van der Waals surface area contributed by atoms with E-state index in [1.165, 1.54) is 18.2 Å². The van der Waals surface area contributed by atoms with Crippen LogP contribution in [0.1, 0.15) is 24.1 Å². The van der Waals surface area contributed by atoms with E-state index in [1.807, 2.05) is 49.4 Å². The summed E-state index contributed by atoms with van der Waals surface area (Å²) >= 11 is 18.1. The zero-order valence-corrected chi connectivity index (χ0v) is 20.9. The quantitative estimate of drug-likeness (QED) is 0.386. The minimum absolute atomic E-state index is 0.0408. The Morgan fingerprint density at radius 1 is 0.939 bits per heavy atom. The van der Waals surface area contributed by atoms with Crippen molar-refractivity contribution < 1.29 is 13.2 Å². The summed E-state index contributed by atoms with van der Waals surface area (Å²) in [5.41, 5.74) is 1.80. The maximum atomic E-state index is 13.4. The van der Waals surface area contributed by atoms with Crippen LogP contribution in [0.15, 0.2) is 77.7 Å². The number of carbonyl (C=O) groups is 1. The van der Waals surface area contributed by atoms with E-state index in [2.05, 4.69) is 5.32 Å². The van der Waals surface area contributed by atoms with E-state index in [9.17, 15) is 13.2 Å². The molecule has 1 atom stereocenters. The van der Waals surface area contributed by atoms with Crippen molar-refractivity contribution >= 4 is 50.7 Å². The molecule has 0 aromatic heterocycles. The van der Waals surface area contributed by atoms with Gasteiger partial charge in [0.1, 0.15) is 4.90 Å². The van der Waals surface area contributed by atoms with E-state index >= 15 is 0 Å². The molecule has 9 heteroatoms. The van der Waals surface area contributed by atoms with Gasteiger partial charge in [0.05, 0.1) is 17.6 Å². The minimum atomic E-state index is -4.09. The van der Waals surface area contributed by atoms with E-state index < -0.39 is 15.9 Å². The summed E-state index contributed by atoms with van der Waals surface area (Å²) in [6.07, 6.45) is 0.429. The van der Waals surface area contributed by atoms with Gasteiger partial charge < -0.3 is 5.32 Å². The van der Waals surface area contributed by atoms with Crippen molar-refractivity contribution in [2.45, 2.75) is 24.3 Å². The first kappa shape index (κ1) is 25.5. The molecule has 0 spiro atoms. The van der Waals surface area contributed by atoms with Crippen LogP contribution in [-0.4, -0.2) is 31.7 Å². The van der Waals surface area contributed by atoms with Crippen LogP contribution >= 0.6 is 34.8 Å². The lowest BCUT2D eigenvalue weighted by molar-refractivity contribution is -0.121. The lowest BCUT2D eigenvalue weighted by Gasteiger charge is -2.24. The third-order valence-corrected chi connectivity index (χ3v) is 7.89. The SMILES string of the molecule is C[C@H](NC(=O)CN(CCc1ccccc1)S(=O)(=O)c1cc(Cl)ccc1Cl)c1ccc(Cl)cc1. The van der Waals surface area contributed by atoms with Gasteiger partial charge in [0, 0.05) is 16.6 Å². The molecule has 0 saturated heterocycles. The van der Waals surface area contributed by atoms with Gasteiger partial charge >= 0.3 is 0 Å². The van der Waals surface area contributed by atoms with E-state index in [-0.39, 0.29) is 34.1 Å². The summed E-state index contributed by atoms with van der Waals surface area (Å²) in [6.45, 7) is 1.55. The molecule has 0 radical (unpaired) electrons. The maximum absolute atomic E-state index is 13.4. The van der Waals surface area contributed by atoms with Crippen molar-refractivity contribution in [3.8, 4) is 0 Å². The van der Waals surface area contributed by atoms with Gasteiger partial charge in [0.25, 0.3) is 0 Å². The fourth-order valence-electron chi connectivity index (χ4n) is 3.28. The molecular weight excluding hydrogens is 503 g/mol. The molecule has 33 heavy (non-hydrogen) atoms. The van der Waals surface area contributed by atoms with Gasteiger partial charge in [-0.05, 0) is 54.8 Å². The topological polar surface area (TPSA) is 66.5 Å². The summed E-state index contributed by atoms with van der Waals surface area (Å²) in [6, 6.07) is 20.4. The highest BCUT2D eigenvalue weighted by Crippen LogP contribution is 2.28. The molecule has 5 nitrogen and oxygen atoms in total. The Morgan fingerprint density at radius 2 is 1.58 bits per heavy atom. The Kier molecular flexibility index (Phi) is 8.79. The molecule has 0 aliphatic rings. The summed E-state index contributed by atoms with van der Waals surface area (Å²) < 4.78 is 28.0. The number of benzene rings is 3. The van der Waals surface area contributed by atoms with Gasteiger partial charge in [-0.25, -0.2) is 8.42 Å². The predicted molar refractivity (Wildman–Crippen MR) is 133 cm³/mol. The summed E-state index contributed by atoms with van der Waals surface area (Å²) in [5, 5.41) is 3.72. The van der Waals surface area contributed by atoms with Crippen molar-refractivity contribution in [1.29, 1.82) is 0 Å². The second-order valence-electron chi connectivity index (χ2n) is 7.49. The standard InChI is InChI=1S/C24H23Cl3N2O3S/c1-17(19-7-9-20(25)10-8-19)28-24(30)16-29(14-13-18-5-3-2-4-6-18)33(31,32)23-15-21(26)11-12-22(23)27/h2-12,15,17H,13-14,16H2,1H3,(H,28,30)/t17-/m0/s1. The van der Waals surface area contributed by atoms with Gasteiger partial charge in [-0.1, -0.05) is 77.3 Å². The molecule has 3 aromatic carbocycles. The molecule has 3 rings (SSSR count). The summed E-state index contributed by atoms with van der Waals surface area (Å²) in [4.78, 5) is 12.7. The largest absolute Gasteiger partial charge is 0.348 e. The molecule has 0 aliphatic heterocycles. The minimum Gasteiger partial charge on any atom is -0.348 e. The van der Waals surface area contributed by atoms with Gasteiger partial charge in [0.2, 0.25) is 15.9 Å². The van der Waals surface area contributed by atoms with Crippen molar-refractivity contribution in [2.75, 3.05) is 13.1 Å². The van der Waals surface area contributed by atoms with Crippen LogP contribution in [0.5, 0.6) is 0 Å². The smallest absolute Gasteiger partial charge is 0.245 e. The number of hydrogen-bond donors (Lipinski definition) is 1. The molecule has 174 valence electrons. The zero-order valence-electron chi connectivity index (χ0n) is 17.8. The number of amides is 1. The summed E-state index contributed by atoms with van der Waals surface area (Å²) in [5.74, 6) is -0.438. The second-order valence-corrected chi connectivity index (χ2v) is 10.7. The highest BCUT2D eigenvalue weighted by atomic mass is 35.5. The van der Waals surface area contributed by atoms with Crippen LogP contribution in [0.2, 0.25) is 15.1 Å². The van der Waals surface area contributed by atoms with Crippen molar-refractivity contribution in [2.24, 2.45) is 0 Å². The van der Waals surface area contributed by atoms with Crippen LogP contribution in [0, 0.1) is 0 Å². The second kappa shape index (κ2) is 11.4. The number of nitrogens with one attached hydrogen (secondary N) is 1. The summed E-state index contributed by atoms with van der Waals surface area (Å²) in [7, 11) is -4.09. The molecule has 1 amide bonds. The molecule has 1 N–H and O–H groups in total. The van der Waals surface area contributed by atoms with Crippen molar-refractivity contribution in [3.05, 3.63) is 99.0 Å². The lowest BCUT2D eigenvalue weighted by Crippen LogP contribution is -2.42. The highest BCUT2D eigenvalue weighted by Gasteiger charge is 2.29. The zero-order chi connectivity index (χ0) is 24.0. The molecule has 0 bridgehead atoms. The van der Waals surface area contributed by atoms with Gasteiger partial charge in [0.15, 0.2) is 0 Å². The van der Waals surface area contributed by atoms with Gasteiger partial charge in [-0.2, -0.15) is 4.31 Å². The number of nitrogens with zero attached hydrogens (tertiary/aromatic N) is 1. The number of hydrogen-bond acceptors (Lipinski definition) is 3. The Balaban J connectivity index is 1.82. The number of halogens is 3. The Labute approximate surface area is 209 Å². The molecule has 0 aliphatic carbocycles. The molecule has 0 unspecified atom stereocenters. The number of sulfonamides is 1. The normalized spacial score (nSPS) is 12.5. The fraction of sp³-hybridized carbons (Fsp3) is 0.208. The molecule has 0 saturated carbocycles. The van der Waals surface area contributed by atoms with Gasteiger partial charge in [-0.3, -0.25) is 4.79 Å². The van der Waals surface area contributed by atoms with E-state index in [4.69, 9.17) is 34.8 Å². The van der Waals surface area contributed by atoms with E-state index in [1.54, 1.807) is 12.1 Å². The molecule has 3 aromatic rings. The van der Waals surface area contributed by atoms with Crippen LogP contribution in [0.4, 0.5) is 0 Å².